The van der Waals surface area contributed by atoms with Gasteiger partial charge >= 0.3 is 0 Å². The molecule has 2 rings (SSSR count). The molecule has 0 aromatic carbocycles. The highest BCUT2D eigenvalue weighted by atomic mass is 16.3. The minimum Gasteiger partial charge on any atom is -0.472 e. The van der Waals surface area contributed by atoms with Gasteiger partial charge in [-0.1, -0.05) is 20.3 Å². The van der Waals surface area contributed by atoms with Gasteiger partial charge in [-0.05, 0) is 18.9 Å². The number of piperazine rings is 1. The Morgan fingerprint density at radius 1 is 1.59 bits per heavy atom. The van der Waals surface area contributed by atoms with Crippen LogP contribution in [-0.2, 0) is 6.54 Å². The lowest BCUT2D eigenvalue weighted by Crippen LogP contribution is -2.56. The molecule has 1 aliphatic heterocycles. The van der Waals surface area contributed by atoms with Crippen molar-refractivity contribution in [3.8, 4) is 0 Å². The second kappa shape index (κ2) is 5.69. The fourth-order valence-electron chi connectivity index (χ4n) is 2.45. The molecule has 0 aliphatic carbocycles. The van der Waals surface area contributed by atoms with Gasteiger partial charge in [-0.25, -0.2) is 0 Å². The van der Waals surface area contributed by atoms with Crippen molar-refractivity contribution in [1.82, 2.24) is 10.2 Å². The maximum atomic E-state index is 5.14. The molecule has 3 heteroatoms. The molecule has 1 N–H and O–H groups in total. The monoisotopic (exact) mass is 236 g/mol. The molecule has 3 nitrogen and oxygen atoms in total. The molecule has 1 aliphatic rings. The van der Waals surface area contributed by atoms with Crippen molar-refractivity contribution in [2.45, 2.75) is 45.8 Å². The smallest absolute Gasteiger partial charge is 0.0947 e. The molecular formula is C14H24N2O. The fourth-order valence-corrected chi connectivity index (χ4v) is 2.45. The highest BCUT2D eigenvalue weighted by Gasteiger charge is 2.27. The van der Waals surface area contributed by atoms with E-state index in [-0.39, 0.29) is 0 Å². The lowest BCUT2D eigenvalue weighted by molar-refractivity contribution is 0.111. The zero-order valence-corrected chi connectivity index (χ0v) is 11.1. The summed E-state index contributed by atoms with van der Waals surface area (Å²) in [6, 6.07) is 3.29. The van der Waals surface area contributed by atoms with Gasteiger partial charge < -0.3 is 9.73 Å². The molecule has 3 unspecified atom stereocenters. The van der Waals surface area contributed by atoms with Crippen LogP contribution in [0.25, 0.3) is 0 Å². The molecule has 1 fully saturated rings. The Bertz CT molecular complexity index is 323. The lowest BCUT2D eigenvalue weighted by atomic mass is 9.95. The van der Waals surface area contributed by atoms with Gasteiger partial charge in [-0.15, -0.1) is 0 Å². The maximum Gasteiger partial charge on any atom is 0.0947 e. The number of furan rings is 1. The van der Waals surface area contributed by atoms with Crippen LogP contribution in [0.1, 0.15) is 32.8 Å². The Kier molecular flexibility index (Phi) is 4.24. The molecule has 1 aromatic heterocycles. The Hall–Kier alpha value is -0.800. The van der Waals surface area contributed by atoms with Crippen LogP contribution < -0.4 is 5.32 Å². The topological polar surface area (TPSA) is 28.4 Å². The average Bonchev–Trinajstić information content (AvgIpc) is 2.84. The van der Waals surface area contributed by atoms with Crippen LogP contribution >= 0.6 is 0 Å². The summed E-state index contributed by atoms with van der Waals surface area (Å²) in [5.74, 6) is 0.745. The van der Waals surface area contributed by atoms with Crippen LogP contribution in [0.15, 0.2) is 23.0 Å². The number of rotatable bonds is 4. The predicted octanol–water partition coefficient (Wildman–Crippen LogP) is 2.49. The highest BCUT2D eigenvalue weighted by molar-refractivity contribution is 5.06. The SMILES string of the molecule is CCC(C)C1CN(Cc2ccoc2)C(C)CN1. The van der Waals surface area contributed by atoms with Crippen molar-refractivity contribution in [3.63, 3.8) is 0 Å². The normalized spacial score (nSPS) is 28.2. The van der Waals surface area contributed by atoms with Crippen molar-refractivity contribution < 1.29 is 4.42 Å². The zero-order valence-electron chi connectivity index (χ0n) is 11.1. The van der Waals surface area contributed by atoms with Gasteiger partial charge in [0.05, 0.1) is 12.5 Å². The summed E-state index contributed by atoms with van der Waals surface area (Å²) in [6.45, 7) is 10.1. The first-order valence-corrected chi connectivity index (χ1v) is 6.69. The van der Waals surface area contributed by atoms with E-state index in [0.29, 0.717) is 12.1 Å². The van der Waals surface area contributed by atoms with Crippen LogP contribution in [0, 0.1) is 5.92 Å². The minimum absolute atomic E-state index is 0.602. The van der Waals surface area contributed by atoms with E-state index in [4.69, 9.17) is 4.42 Å². The standard InChI is InChI=1S/C14H24N2O/c1-4-11(2)14-9-16(12(3)7-15-14)8-13-5-6-17-10-13/h5-6,10-12,14-15H,4,7-9H2,1-3H3. The third-order valence-electron chi connectivity index (χ3n) is 4.03. The summed E-state index contributed by atoms with van der Waals surface area (Å²) >= 11 is 0. The molecule has 0 amide bonds. The number of hydrogen-bond donors (Lipinski definition) is 1. The van der Waals surface area contributed by atoms with E-state index in [0.717, 1.165) is 25.6 Å². The summed E-state index contributed by atoms with van der Waals surface area (Å²) in [5.41, 5.74) is 1.28. The van der Waals surface area contributed by atoms with Gasteiger partial charge in [0, 0.05) is 37.3 Å². The molecule has 1 aromatic rings. The van der Waals surface area contributed by atoms with Gasteiger partial charge in [0.2, 0.25) is 0 Å². The van der Waals surface area contributed by atoms with E-state index in [2.05, 4.69) is 37.1 Å². The number of nitrogens with one attached hydrogen (secondary N) is 1. The van der Waals surface area contributed by atoms with Crippen molar-refractivity contribution in [1.29, 1.82) is 0 Å². The van der Waals surface area contributed by atoms with E-state index in [1.165, 1.54) is 12.0 Å². The van der Waals surface area contributed by atoms with Gasteiger partial charge in [-0.2, -0.15) is 0 Å². The Morgan fingerprint density at radius 2 is 2.41 bits per heavy atom. The van der Waals surface area contributed by atoms with Crippen LogP contribution in [0.2, 0.25) is 0 Å². The second-order valence-corrected chi connectivity index (χ2v) is 5.31. The van der Waals surface area contributed by atoms with Crippen molar-refractivity contribution >= 4 is 0 Å². The van der Waals surface area contributed by atoms with Gasteiger partial charge in [0.15, 0.2) is 0 Å². The van der Waals surface area contributed by atoms with Crippen LogP contribution in [0.3, 0.4) is 0 Å². The first kappa shape index (κ1) is 12.7. The van der Waals surface area contributed by atoms with Crippen LogP contribution in [0.4, 0.5) is 0 Å². The summed E-state index contributed by atoms with van der Waals surface area (Å²) in [7, 11) is 0. The third kappa shape index (κ3) is 3.11. The van der Waals surface area contributed by atoms with Gasteiger partial charge in [0.25, 0.3) is 0 Å². The molecule has 1 saturated heterocycles. The fraction of sp³-hybridized carbons (Fsp3) is 0.714. The number of nitrogens with zero attached hydrogens (tertiary/aromatic N) is 1. The highest BCUT2D eigenvalue weighted by Crippen LogP contribution is 2.17. The van der Waals surface area contributed by atoms with Gasteiger partial charge in [-0.3, -0.25) is 4.90 Å². The van der Waals surface area contributed by atoms with E-state index in [1.54, 1.807) is 6.26 Å². The maximum absolute atomic E-state index is 5.14. The van der Waals surface area contributed by atoms with Crippen LogP contribution in [-0.4, -0.2) is 30.1 Å². The Balaban J connectivity index is 1.95. The summed E-state index contributed by atoms with van der Waals surface area (Å²) < 4.78 is 5.14. The Labute approximate surface area is 104 Å². The van der Waals surface area contributed by atoms with E-state index >= 15 is 0 Å². The average molecular weight is 236 g/mol. The van der Waals surface area contributed by atoms with Gasteiger partial charge in [0.1, 0.15) is 0 Å². The lowest BCUT2D eigenvalue weighted by Gasteiger charge is -2.40. The minimum atomic E-state index is 0.602. The van der Waals surface area contributed by atoms with E-state index in [1.807, 2.05) is 6.26 Å². The summed E-state index contributed by atoms with van der Waals surface area (Å²) in [6.07, 6.45) is 4.85. The first-order chi connectivity index (χ1) is 8.20. The van der Waals surface area contributed by atoms with Crippen molar-refractivity contribution in [2.24, 2.45) is 5.92 Å². The Morgan fingerprint density at radius 3 is 3.06 bits per heavy atom. The second-order valence-electron chi connectivity index (χ2n) is 5.31. The molecular weight excluding hydrogens is 212 g/mol. The zero-order chi connectivity index (χ0) is 12.3. The van der Waals surface area contributed by atoms with Crippen molar-refractivity contribution in [3.05, 3.63) is 24.2 Å². The molecule has 96 valence electrons. The molecule has 0 bridgehead atoms. The van der Waals surface area contributed by atoms with E-state index in [9.17, 15) is 0 Å². The van der Waals surface area contributed by atoms with E-state index < -0.39 is 0 Å². The van der Waals surface area contributed by atoms with Crippen LogP contribution in [0.5, 0.6) is 0 Å². The quantitative estimate of drug-likeness (QED) is 0.870. The molecule has 0 radical (unpaired) electrons. The molecule has 0 saturated carbocycles. The third-order valence-corrected chi connectivity index (χ3v) is 4.03. The molecule has 2 heterocycles. The largest absolute Gasteiger partial charge is 0.472 e. The first-order valence-electron chi connectivity index (χ1n) is 6.69. The summed E-state index contributed by atoms with van der Waals surface area (Å²) in [5, 5.41) is 3.66. The number of hydrogen-bond acceptors (Lipinski definition) is 3. The molecule has 0 spiro atoms. The van der Waals surface area contributed by atoms with Crippen molar-refractivity contribution in [2.75, 3.05) is 13.1 Å². The predicted molar refractivity (Wildman–Crippen MR) is 69.8 cm³/mol. The summed E-state index contributed by atoms with van der Waals surface area (Å²) in [4.78, 5) is 2.55. The molecule has 3 atom stereocenters. The molecule has 17 heavy (non-hydrogen) atoms.